The lowest BCUT2D eigenvalue weighted by Gasteiger charge is -2.16. The van der Waals surface area contributed by atoms with E-state index in [1.54, 1.807) is 43.3 Å². The second kappa shape index (κ2) is 10.8. The fraction of sp³-hybridized carbons (Fsp3) is 0.185. The summed E-state index contributed by atoms with van der Waals surface area (Å²) >= 11 is 0. The van der Waals surface area contributed by atoms with E-state index in [0.717, 1.165) is 5.69 Å². The average molecular weight is 474 g/mol. The van der Waals surface area contributed by atoms with Crippen molar-refractivity contribution in [2.45, 2.75) is 6.10 Å². The van der Waals surface area contributed by atoms with Gasteiger partial charge in [0, 0.05) is 23.9 Å². The number of nitrogens with zero attached hydrogens (tertiary/aromatic N) is 2. The van der Waals surface area contributed by atoms with Gasteiger partial charge in [0.25, 0.3) is 5.91 Å². The van der Waals surface area contributed by atoms with Crippen molar-refractivity contribution in [3.05, 3.63) is 90.1 Å². The number of aliphatic hydroxyl groups is 1. The van der Waals surface area contributed by atoms with E-state index in [-0.39, 0.29) is 12.5 Å². The topological polar surface area (TPSA) is 94.8 Å². The van der Waals surface area contributed by atoms with E-state index in [9.17, 15) is 9.90 Å². The summed E-state index contributed by atoms with van der Waals surface area (Å²) in [5.74, 6) is 1.29. The zero-order valence-electron chi connectivity index (χ0n) is 19.8. The molecule has 0 aliphatic carbocycles. The van der Waals surface area contributed by atoms with Gasteiger partial charge in [-0.05, 0) is 42.5 Å². The molecule has 1 unspecified atom stereocenters. The minimum Gasteiger partial charge on any atom is -0.497 e. The molecule has 8 heteroatoms. The normalized spacial score (nSPS) is 11.5. The minimum absolute atomic E-state index is 0.0375. The Kier molecular flexibility index (Phi) is 7.32. The number of aromatic nitrogens is 2. The van der Waals surface area contributed by atoms with Crippen LogP contribution in [0.3, 0.4) is 0 Å². The molecule has 0 saturated heterocycles. The first-order valence-corrected chi connectivity index (χ1v) is 11.0. The van der Waals surface area contributed by atoms with E-state index in [1.165, 1.54) is 7.11 Å². The molecule has 8 nitrogen and oxygen atoms in total. The van der Waals surface area contributed by atoms with Crippen LogP contribution in [-0.2, 0) is 0 Å². The summed E-state index contributed by atoms with van der Waals surface area (Å²) in [4.78, 5) is 13.3. The Hall–Kier alpha value is -4.30. The van der Waals surface area contributed by atoms with Gasteiger partial charge in [-0.3, -0.25) is 4.79 Å². The van der Waals surface area contributed by atoms with Crippen molar-refractivity contribution >= 4 is 5.91 Å². The van der Waals surface area contributed by atoms with Crippen molar-refractivity contribution in [2.24, 2.45) is 0 Å². The highest BCUT2D eigenvalue weighted by molar-refractivity contribution is 6.00. The highest BCUT2D eigenvalue weighted by Crippen LogP contribution is 2.32. The number of hydrogen-bond donors (Lipinski definition) is 2. The molecule has 1 heterocycles. The van der Waals surface area contributed by atoms with Gasteiger partial charge in [0.1, 0.15) is 29.0 Å². The number of benzene rings is 3. The first-order valence-electron chi connectivity index (χ1n) is 11.0. The van der Waals surface area contributed by atoms with Crippen LogP contribution in [0.4, 0.5) is 0 Å². The van der Waals surface area contributed by atoms with Gasteiger partial charge in [0.2, 0.25) is 0 Å². The van der Waals surface area contributed by atoms with Crippen molar-refractivity contribution in [1.29, 1.82) is 0 Å². The summed E-state index contributed by atoms with van der Waals surface area (Å²) in [6.45, 7) is -0.0375. The minimum atomic E-state index is -1.01. The monoisotopic (exact) mass is 473 g/mol. The van der Waals surface area contributed by atoms with E-state index < -0.39 is 6.10 Å². The van der Waals surface area contributed by atoms with Crippen LogP contribution in [0.1, 0.15) is 22.0 Å². The maximum Gasteiger partial charge on any atom is 0.255 e. The molecule has 4 rings (SSSR count). The van der Waals surface area contributed by atoms with Crippen molar-refractivity contribution in [2.75, 3.05) is 27.9 Å². The standard InChI is InChI=1S/C27H27N3O5/c1-33-19-13-14-25(35-3)21(15-19)23(31)16-28-27(32)22-17-30(18-9-5-4-6-10-18)29-26(22)20-11-7-8-12-24(20)34-2/h4-15,17,23,31H,16H2,1-3H3,(H,28,32). The van der Waals surface area contributed by atoms with Gasteiger partial charge in [-0.25, -0.2) is 4.68 Å². The Balaban J connectivity index is 1.65. The molecule has 2 N–H and O–H groups in total. The lowest BCUT2D eigenvalue weighted by Crippen LogP contribution is -2.28. The third-order valence-corrected chi connectivity index (χ3v) is 5.59. The van der Waals surface area contributed by atoms with E-state index in [1.807, 2.05) is 54.6 Å². The molecule has 0 bridgehead atoms. The number of hydrogen-bond acceptors (Lipinski definition) is 6. The van der Waals surface area contributed by atoms with Gasteiger partial charge >= 0.3 is 0 Å². The van der Waals surface area contributed by atoms with Crippen LogP contribution < -0.4 is 19.5 Å². The molecule has 1 atom stereocenters. The molecule has 0 fully saturated rings. The zero-order valence-corrected chi connectivity index (χ0v) is 19.8. The number of methoxy groups -OCH3 is 3. The Bertz CT molecular complexity index is 1300. The molecule has 0 saturated carbocycles. The molecule has 1 amide bonds. The molecular formula is C27H27N3O5. The van der Waals surface area contributed by atoms with Crippen LogP contribution in [0.15, 0.2) is 79.0 Å². The van der Waals surface area contributed by atoms with Crippen LogP contribution in [-0.4, -0.2) is 48.7 Å². The number of aliphatic hydroxyl groups excluding tert-OH is 1. The number of nitrogens with one attached hydrogen (secondary N) is 1. The number of carbonyl (C=O) groups excluding carboxylic acids is 1. The van der Waals surface area contributed by atoms with E-state index in [0.29, 0.717) is 39.6 Å². The predicted molar refractivity (Wildman–Crippen MR) is 132 cm³/mol. The molecule has 0 spiro atoms. The second-order valence-electron chi connectivity index (χ2n) is 7.71. The van der Waals surface area contributed by atoms with Gasteiger partial charge in [-0.1, -0.05) is 30.3 Å². The fourth-order valence-electron chi connectivity index (χ4n) is 3.79. The van der Waals surface area contributed by atoms with Crippen molar-refractivity contribution in [3.63, 3.8) is 0 Å². The molecule has 4 aromatic rings. The van der Waals surface area contributed by atoms with Crippen LogP contribution in [0, 0.1) is 0 Å². The molecule has 1 aromatic heterocycles. The number of rotatable bonds is 9. The maximum absolute atomic E-state index is 13.3. The van der Waals surface area contributed by atoms with E-state index in [4.69, 9.17) is 19.3 Å². The maximum atomic E-state index is 13.3. The number of carbonyl (C=O) groups is 1. The fourth-order valence-corrected chi connectivity index (χ4v) is 3.79. The zero-order chi connectivity index (χ0) is 24.8. The smallest absolute Gasteiger partial charge is 0.255 e. The third kappa shape index (κ3) is 5.12. The molecule has 3 aromatic carbocycles. The Morgan fingerprint density at radius 3 is 2.37 bits per heavy atom. The molecule has 35 heavy (non-hydrogen) atoms. The largest absolute Gasteiger partial charge is 0.497 e. The quantitative estimate of drug-likeness (QED) is 0.381. The van der Waals surface area contributed by atoms with Gasteiger partial charge in [0.15, 0.2) is 0 Å². The summed E-state index contributed by atoms with van der Waals surface area (Å²) in [5.41, 5.74) is 2.83. The van der Waals surface area contributed by atoms with Crippen LogP contribution >= 0.6 is 0 Å². The van der Waals surface area contributed by atoms with Gasteiger partial charge in [-0.2, -0.15) is 5.10 Å². The molecule has 0 aliphatic heterocycles. The summed E-state index contributed by atoms with van der Waals surface area (Å²) in [5, 5.41) is 18.3. The van der Waals surface area contributed by atoms with Gasteiger partial charge < -0.3 is 24.6 Å². The van der Waals surface area contributed by atoms with Crippen molar-refractivity contribution < 1.29 is 24.1 Å². The van der Waals surface area contributed by atoms with Gasteiger partial charge in [-0.15, -0.1) is 0 Å². The van der Waals surface area contributed by atoms with Crippen LogP contribution in [0.25, 0.3) is 16.9 Å². The van der Waals surface area contributed by atoms with Gasteiger partial charge in [0.05, 0.1) is 32.6 Å². The average Bonchev–Trinajstić information content (AvgIpc) is 3.37. The molecular weight excluding hydrogens is 446 g/mol. The summed E-state index contributed by atoms with van der Waals surface area (Å²) in [6.07, 6.45) is 0.660. The number of amides is 1. The lowest BCUT2D eigenvalue weighted by molar-refractivity contribution is 0.0915. The van der Waals surface area contributed by atoms with E-state index in [2.05, 4.69) is 5.32 Å². The second-order valence-corrected chi connectivity index (χ2v) is 7.71. The SMILES string of the molecule is COc1ccc(OC)c(C(O)CNC(=O)c2cn(-c3ccccc3)nc2-c2ccccc2OC)c1. The summed E-state index contributed by atoms with van der Waals surface area (Å²) < 4.78 is 17.8. The first-order chi connectivity index (χ1) is 17.0. The lowest BCUT2D eigenvalue weighted by atomic mass is 10.1. The van der Waals surface area contributed by atoms with Crippen molar-refractivity contribution in [3.8, 4) is 34.2 Å². The highest BCUT2D eigenvalue weighted by atomic mass is 16.5. The number of ether oxygens (including phenoxy) is 3. The Labute approximate surface area is 203 Å². The molecule has 0 aliphatic rings. The van der Waals surface area contributed by atoms with E-state index >= 15 is 0 Å². The Morgan fingerprint density at radius 1 is 0.943 bits per heavy atom. The first kappa shape index (κ1) is 23.8. The third-order valence-electron chi connectivity index (χ3n) is 5.59. The highest BCUT2D eigenvalue weighted by Gasteiger charge is 2.22. The summed E-state index contributed by atoms with van der Waals surface area (Å²) in [6, 6.07) is 22.0. The van der Waals surface area contributed by atoms with Crippen molar-refractivity contribution in [1.82, 2.24) is 15.1 Å². The molecule has 0 radical (unpaired) electrons. The van der Waals surface area contributed by atoms with Crippen LogP contribution in [0.5, 0.6) is 17.2 Å². The Morgan fingerprint density at radius 2 is 1.66 bits per heavy atom. The van der Waals surface area contributed by atoms with Crippen LogP contribution in [0.2, 0.25) is 0 Å². The summed E-state index contributed by atoms with van der Waals surface area (Å²) in [7, 11) is 4.64. The predicted octanol–water partition coefficient (Wildman–Crippen LogP) is 4.03. The number of para-hydroxylation sites is 2. The molecule has 180 valence electrons.